The van der Waals surface area contributed by atoms with Gasteiger partial charge in [-0.1, -0.05) is 6.07 Å². The van der Waals surface area contributed by atoms with Crippen molar-refractivity contribution < 1.29 is 9.90 Å². The van der Waals surface area contributed by atoms with E-state index in [1.54, 1.807) is 0 Å². The van der Waals surface area contributed by atoms with Crippen LogP contribution in [0, 0.1) is 13.8 Å². The van der Waals surface area contributed by atoms with E-state index in [9.17, 15) is 9.90 Å². The molecule has 2 atom stereocenters. The van der Waals surface area contributed by atoms with Crippen LogP contribution >= 0.6 is 0 Å². The van der Waals surface area contributed by atoms with Crippen LogP contribution in [-0.2, 0) is 0 Å². The van der Waals surface area contributed by atoms with Gasteiger partial charge in [0.2, 0.25) is 0 Å². The van der Waals surface area contributed by atoms with Crippen LogP contribution in [-0.4, -0.2) is 60.1 Å². The van der Waals surface area contributed by atoms with Crippen molar-refractivity contribution in [2.24, 2.45) is 0 Å². The van der Waals surface area contributed by atoms with Crippen molar-refractivity contribution in [3.63, 3.8) is 0 Å². The van der Waals surface area contributed by atoms with Gasteiger partial charge in [0.05, 0.1) is 6.10 Å². The van der Waals surface area contributed by atoms with E-state index in [1.165, 1.54) is 5.56 Å². The Labute approximate surface area is 121 Å². The number of likely N-dealkylation sites (N-methyl/N-ethyl adjacent to an activating group) is 1. The molecule has 1 saturated heterocycles. The average molecular weight is 276 g/mol. The van der Waals surface area contributed by atoms with E-state index >= 15 is 0 Å². The minimum absolute atomic E-state index is 0.0245. The third-order valence-corrected chi connectivity index (χ3v) is 3.98. The van der Waals surface area contributed by atoms with E-state index in [1.807, 2.05) is 51.0 Å². The monoisotopic (exact) mass is 276 g/mol. The van der Waals surface area contributed by atoms with Gasteiger partial charge in [-0.15, -0.1) is 0 Å². The zero-order valence-electron chi connectivity index (χ0n) is 12.8. The van der Waals surface area contributed by atoms with Crippen molar-refractivity contribution in [1.29, 1.82) is 0 Å². The third kappa shape index (κ3) is 3.19. The van der Waals surface area contributed by atoms with Crippen molar-refractivity contribution in [3.8, 4) is 0 Å². The molecule has 1 amide bonds. The zero-order valence-corrected chi connectivity index (χ0v) is 12.8. The number of nitrogens with zero attached hydrogens (tertiary/aromatic N) is 2. The number of aryl methyl sites for hydroxylation is 2. The van der Waals surface area contributed by atoms with Gasteiger partial charge >= 0.3 is 0 Å². The summed E-state index contributed by atoms with van der Waals surface area (Å²) >= 11 is 0. The molecule has 2 unspecified atom stereocenters. The predicted octanol–water partition coefficient (Wildman–Crippen LogP) is 1.44. The third-order valence-electron chi connectivity index (χ3n) is 3.98. The minimum Gasteiger partial charge on any atom is -0.391 e. The number of hydrogen-bond acceptors (Lipinski definition) is 3. The Balaban J connectivity index is 2.19. The van der Waals surface area contributed by atoms with Gasteiger partial charge in [-0.3, -0.25) is 4.79 Å². The molecule has 20 heavy (non-hydrogen) atoms. The van der Waals surface area contributed by atoms with Crippen molar-refractivity contribution in [2.75, 3.05) is 27.2 Å². The van der Waals surface area contributed by atoms with Crippen LogP contribution < -0.4 is 0 Å². The van der Waals surface area contributed by atoms with Crippen LogP contribution in [0.2, 0.25) is 0 Å². The highest BCUT2D eigenvalue weighted by Crippen LogP contribution is 2.22. The molecule has 0 spiro atoms. The molecule has 0 radical (unpaired) electrons. The second-order valence-corrected chi connectivity index (χ2v) is 6.06. The Kier molecular flexibility index (Phi) is 4.45. The fourth-order valence-electron chi connectivity index (χ4n) is 2.78. The molecule has 1 aliphatic rings. The highest BCUT2D eigenvalue weighted by Gasteiger charge is 2.34. The summed E-state index contributed by atoms with van der Waals surface area (Å²) in [5.74, 6) is 0.0245. The zero-order chi connectivity index (χ0) is 14.9. The van der Waals surface area contributed by atoms with E-state index in [2.05, 4.69) is 4.90 Å². The number of β-amino-alcohol motifs (C(OH)–C–C–N with tert-alkyl or cyclic N) is 1. The number of amides is 1. The normalized spacial score (nSPS) is 22.6. The SMILES string of the molecule is Cc1ccc(C(=O)N2CC(O)CC2CN(C)C)cc1C. The summed E-state index contributed by atoms with van der Waals surface area (Å²) in [6.07, 6.45) is 0.254. The molecule has 110 valence electrons. The molecule has 0 saturated carbocycles. The minimum atomic E-state index is -0.407. The maximum Gasteiger partial charge on any atom is 0.254 e. The number of carbonyl (C=O) groups excluding carboxylic acids is 1. The van der Waals surface area contributed by atoms with Crippen molar-refractivity contribution in [3.05, 3.63) is 34.9 Å². The van der Waals surface area contributed by atoms with Crippen LogP contribution in [0.15, 0.2) is 18.2 Å². The summed E-state index contributed by atoms with van der Waals surface area (Å²) < 4.78 is 0. The van der Waals surface area contributed by atoms with Crippen LogP contribution in [0.4, 0.5) is 0 Å². The number of carbonyl (C=O) groups is 1. The lowest BCUT2D eigenvalue weighted by molar-refractivity contribution is 0.0699. The first kappa shape index (κ1) is 15.0. The van der Waals surface area contributed by atoms with Crippen LogP contribution in [0.5, 0.6) is 0 Å². The molecule has 4 nitrogen and oxygen atoms in total. The number of rotatable bonds is 3. The first-order chi connectivity index (χ1) is 9.38. The molecule has 0 bridgehead atoms. The lowest BCUT2D eigenvalue weighted by Crippen LogP contribution is -2.41. The number of aliphatic hydroxyl groups is 1. The lowest BCUT2D eigenvalue weighted by Gasteiger charge is -2.27. The molecule has 1 aliphatic heterocycles. The standard InChI is InChI=1S/C16H24N2O2/c1-11-5-6-13(7-12(11)2)16(20)18-10-15(19)8-14(18)9-17(3)4/h5-7,14-15,19H,8-10H2,1-4H3. The van der Waals surface area contributed by atoms with Crippen LogP contribution in [0.1, 0.15) is 27.9 Å². The molecule has 0 aliphatic carbocycles. The highest BCUT2D eigenvalue weighted by molar-refractivity contribution is 5.95. The Hall–Kier alpha value is -1.39. The van der Waals surface area contributed by atoms with Crippen LogP contribution in [0.3, 0.4) is 0 Å². The molecule has 1 heterocycles. The quantitative estimate of drug-likeness (QED) is 0.908. The Morgan fingerprint density at radius 2 is 2.05 bits per heavy atom. The smallest absolute Gasteiger partial charge is 0.254 e. The average Bonchev–Trinajstić information content (AvgIpc) is 2.72. The molecular formula is C16H24N2O2. The van der Waals surface area contributed by atoms with E-state index in [-0.39, 0.29) is 11.9 Å². The number of likely N-dealkylation sites (tertiary alicyclic amines) is 1. The van der Waals surface area contributed by atoms with Gasteiger partial charge < -0.3 is 14.9 Å². The summed E-state index contributed by atoms with van der Waals surface area (Å²) in [6.45, 7) is 5.28. The Morgan fingerprint density at radius 1 is 1.35 bits per heavy atom. The molecule has 2 rings (SSSR count). The van der Waals surface area contributed by atoms with Crippen LogP contribution in [0.25, 0.3) is 0 Å². The summed E-state index contributed by atoms with van der Waals surface area (Å²) in [5.41, 5.74) is 3.03. The van der Waals surface area contributed by atoms with Gasteiger partial charge in [0.25, 0.3) is 5.91 Å². The van der Waals surface area contributed by atoms with Gasteiger partial charge in [0, 0.05) is 24.7 Å². The number of hydrogen-bond donors (Lipinski definition) is 1. The first-order valence-electron chi connectivity index (χ1n) is 7.09. The molecule has 1 N–H and O–H groups in total. The molecule has 4 heteroatoms. The van der Waals surface area contributed by atoms with E-state index < -0.39 is 6.10 Å². The molecule has 1 aromatic rings. The van der Waals surface area contributed by atoms with Gasteiger partial charge in [-0.05, 0) is 57.6 Å². The van der Waals surface area contributed by atoms with Crippen molar-refractivity contribution in [2.45, 2.75) is 32.4 Å². The van der Waals surface area contributed by atoms with Gasteiger partial charge in [-0.2, -0.15) is 0 Å². The van der Waals surface area contributed by atoms with Gasteiger partial charge in [0.15, 0.2) is 0 Å². The van der Waals surface area contributed by atoms with E-state index in [0.29, 0.717) is 18.5 Å². The first-order valence-corrected chi connectivity index (χ1v) is 7.09. The second-order valence-electron chi connectivity index (χ2n) is 6.06. The van der Waals surface area contributed by atoms with Gasteiger partial charge in [0.1, 0.15) is 0 Å². The number of benzene rings is 1. The molecule has 1 fully saturated rings. The predicted molar refractivity (Wildman–Crippen MR) is 79.9 cm³/mol. The molecular weight excluding hydrogens is 252 g/mol. The summed E-state index contributed by atoms with van der Waals surface area (Å²) in [6, 6.07) is 5.89. The van der Waals surface area contributed by atoms with E-state index in [0.717, 1.165) is 12.1 Å². The fourth-order valence-corrected chi connectivity index (χ4v) is 2.78. The topological polar surface area (TPSA) is 43.8 Å². The summed E-state index contributed by atoms with van der Waals surface area (Å²) in [7, 11) is 3.98. The molecule has 0 aromatic heterocycles. The van der Waals surface area contributed by atoms with Crippen molar-refractivity contribution >= 4 is 5.91 Å². The highest BCUT2D eigenvalue weighted by atomic mass is 16.3. The van der Waals surface area contributed by atoms with Gasteiger partial charge in [-0.25, -0.2) is 0 Å². The van der Waals surface area contributed by atoms with E-state index in [4.69, 9.17) is 0 Å². The maximum atomic E-state index is 12.6. The Morgan fingerprint density at radius 3 is 2.65 bits per heavy atom. The lowest BCUT2D eigenvalue weighted by atomic mass is 10.1. The van der Waals surface area contributed by atoms with Crippen molar-refractivity contribution in [1.82, 2.24) is 9.80 Å². The summed E-state index contributed by atoms with van der Waals surface area (Å²) in [4.78, 5) is 16.5. The number of aliphatic hydroxyl groups excluding tert-OH is 1. The summed E-state index contributed by atoms with van der Waals surface area (Å²) in [5, 5.41) is 9.86. The second kappa shape index (κ2) is 5.94. The largest absolute Gasteiger partial charge is 0.391 e. The fraction of sp³-hybridized carbons (Fsp3) is 0.562. The molecule has 1 aromatic carbocycles. The maximum absolute atomic E-state index is 12.6. The Bertz CT molecular complexity index is 499.